The van der Waals surface area contributed by atoms with Gasteiger partial charge in [0.15, 0.2) is 0 Å². The van der Waals surface area contributed by atoms with Gasteiger partial charge in [-0.1, -0.05) is 42.0 Å². The molecule has 0 bridgehead atoms. The molecule has 0 spiro atoms. The first-order chi connectivity index (χ1) is 13.2. The van der Waals surface area contributed by atoms with Gasteiger partial charge in [0.05, 0.1) is 0 Å². The maximum Gasteiger partial charge on any atom is 0.319 e. The Morgan fingerprint density at radius 1 is 1.07 bits per heavy atom. The van der Waals surface area contributed by atoms with Crippen molar-refractivity contribution >= 4 is 34.0 Å². The lowest BCUT2D eigenvalue weighted by molar-refractivity contribution is 0.252. The van der Waals surface area contributed by atoms with Gasteiger partial charge in [0, 0.05) is 40.1 Å². The molecule has 0 aliphatic heterocycles. The van der Waals surface area contributed by atoms with Crippen molar-refractivity contribution in [3.8, 4) is 0 Å². The second kappa shape index (κ2) is 7.68. The van der Waals surface area contributed by atoms with Crippen molar-refractivity contribution in [1.29, 1.82) is 0 Å². The van der Waals surface area contributed by atoms with E-state index in [9.17, 15) is 4.79 Å². The van der Waals surface area contributed by atoms with Crippen molar-refractivity contribution in [1.82, 2.24) is 10.3 Å². The van der Waals surface area contributed by atoms with E-state index < -0.39 is 0 Å². The number of para-hydroxylation sites is 1. The highest BCUT2D eigenvalue weighted by molar-refractivity contribution is 7.10. The van der Waals surface area contributed by atoms with Gasteiger partial charge in [-0.15, -0.1) is 11.3 Å². The molecule has 0 saturated heterocycles. The molecule has 0 aliphatic rings. The van der Waals surface area contributed by atoms with Crippen LogP contribution >= 0.6 is 11.3 Å². The molecule has 5 heteroatoms. The van der Waals surface area contributed by atoms with Crippen molar-refractivity contribution in [2.75, 3.05) is 11.9 Å². The van der Waals surface area contributed by atoms with Crippen LogP contribution in [0.25, 0.3) is 10.9 Å². The van der Waals surface area contributed by atoms with Crippen LogP contribution in [0.1, 0.15) is 21.9 Å². The molecule has 3 N–H and O–H groups in total. The second-order valence-electron chi connectivity index (χ2n) is 6.56. The van der Waals surface area contributed by atoms with Crippen LogP contribution in [0.4, 0.5) is 10.5 Å². The SMILES string of the molecule is Cc1ccc(NC(=O)NCC(c2cccs2)c2c[nH]c3ccccc23)cc1. The fourth-order valence-electron chi connectivity index (χ4n) is 3.24. The van der Waals surface area contributed by atoms with Gasteiger partial charge in [0.1, 0.15) is 0 Å². The Balaban J connectivity index is 1.52. The molecule has 4 aromatic rings. The third-order valence-electron chi connectivity index (χ3n) is 4.66. The van der Waals surface area contributed by atoms with E-state index in [1.165, 1.54) is 15.8 Å². The number of aryl methyl sites for hydroxylation is 1. The Bertz CT molecular complexity index is 1040. The summed E-state index contributed by atoms with van der Waals surface area (Å²) in [5.41, 5.74) is 4.26. The van der Waals surface area contributed by atoms with Crippen LogP contribution in [0.3, 0.4) is 0 Å². The second-order valence-corrected chi connectivity index (χ2v) is 7.54. The molecule has 0 radical (unpaired) electrons. The van der Waals surface area contributed by atoms with Crippen molar-refractivity contribution < 1.29 is 4.79 Å². The van der Waals surface area contributed by atoms with Crippen LogP contribution in [0.5, 0.6) is 0 Å². The number of aromatic amines is 1. The number of aromatic nitrogens is 1. The molecule has 2 aromatic carbocycles. The Morgan fingerprint density at radius 2 is 1.89 bits per heavy atom. The highest BCUT2D eigenvalue weighted by Gasteiger charge is 2.20. The lowest BCUT2D eigenvalue weighted by Gasteiger charge is -2.17. The van der Waals surface area contributed by atoms with E-state index in [4.69, 9.17) is 0 Å². The molecule has 27 heavy (non-hydrogen) atoms. The average Bonchev–Trinajstić information content (AvgIpc) is 3.35. The molecule has 2 heterocycles. The largest absolute Gasteiger partial charge is 0.361 e. The molecule has 2 amide bonds. The normalized spacial score (nSPS) is 12.0. The zero-order valence-electron chi connectivity index (χ0n) is 15.0. The van der Waals surface area contributed by atoms with E-state index in [2.05, 4.69) is 45.4 Å². The smallest absolute Gasteiger partial charge is 0.319 e. The summed E-state index contributed by atoms with van der Waals surface area (Å²) < 4.78 is 0. The van der Waals surface area contributed by atoms with E-state index >= 15 is 0 Å². The Hall–Kier alpha value is -3.05. The van der Waals surface area contributed by atoms with Crippen molar-refractivity contribution in [2.45, 2.75) is 12.8 Å². The molecular weight excluding hydrogens is 354 g/mol. The average molecular weight is 375 g/mol. The van der Waals surface area contributed by atoms with Crippen LogP contribution in [-0.2, 0) is 0 Å². The van der Waals surface area contributed by atoms with E-state index in [1.807, 2.05) is 49.4 Å². The number of nitrogens with one attached hydrogen (secondary N) is 3. The Morgan fingerprint density at radius 3 is 2.67 bits per heavy atom. The van der Waals surface area contributed by atoms with E-state index in [-0.39, 0.29) is 11.9 Å². The third kappa shape index (κ3) is 3.88. The number of amides is 2. The summed E-state index contributed by atoms with van der Waals surface area (Å²) in [4.78, 5) is 16.9. The number of carbonyl (C=O) groups is 1. The van der Waals surface area contributed by atoms with Gasteiger partial charge in [-0.05, 0) is 42.1 Å². The van der Waals surface area contributed by atoms with Gasteiger partial charge in [-0.3, -0.25) is 0 Å². The van der Waals surface area contributed by atoms with Crippen LogP contribution < -0.4 is 10.6 Å². The molecule has 2 aromatic heterocycles. The van der Waals surface area contributed by atoms with Crippen LogP contribution in [0, 0.1) is 6.92 Å². The van der Waals surface area contributed by atoms with Gasteiger partial charge in [0.2, 0.25) is 0 Å². The number of thiophene rings is 1. The molecule has 4 nitrogen and oxygen atoms in total. The van der Waals surface area contributed by atoms with Gasteiger partial charge < -0.3 is 15.6 Å². The lowest BCUT2D eigenvalue weighted by atomic mass is 9.97. The standard InChI is InChI=1S/C22H21N3OS/c1-15-8-10-16(11-9-15)25-22(26)24-14-19(21-7-4-12-27-21)18-13-23-20-6-3-2-5-17(18)20/h2-13,19,23H,14H2,1H3,(H2,24,25,26). The van der Waals surface area contributed by atoms with E-state index in [0.29, 0.717) is 6.54 Å². The molecule has 0 aliphatic carbocycles. The summed E-state index contributed by atoms with van der Waals surface area (Å²) in [5.74, 6) is 0.102. The minimum Gasteiger partial charge on any atom is -0.361 e. The fourth-order valence-corrected chi connectivity index (χ4v) is 4.09. The number of rotatable bonds is 5. The van der Waals surface area contributed by atoms with Gasteiger partial charge >= 0.3 is 6.03 Å². The van der Waals surface area contributed by atoms with Gasteiger partial charge in [-0.2, -0.15) is 0 Å². The van der Waals surface area contributed by atoms with E-state index in [0.717, 1.165) is 16.8 Å². The molecule has 0 fully saturated rings. The first kappa shape index (κ1) is 17.4. The highest BCUT2D eigenvalue weighted by atomic mass is 32.1. The number of anilines is 1. The summed E-state index contributed by atoms with van der Waals surface area (Å²) in [6, 6.07) is 20.0. The maximum atomic E-state index is 12.4. The van der Waals surface area contributed by atoms with E-state index in [1.54, 1.807) is 11.3 Å². The molecule has 1 atom stereocenters. The van der Waals surface area contributed by atoms with Crippen LogP contribution in [0.2, 0.25) is 0 Å². The number of urea groups is 1. The quantitative estimate of drug-likeness (QED) is 0.424. The predicted octanol–water partition coefficient (Wildman–Crippen LogP) is 5.49. The zero-order chi connectivity index (χ0) is 18.6. The number of H-pyrrole nitrogens is 1. The van der Waals surface area contributed by atoms with Crippen molar-refractivity contribution in [2.24, 2.45) is 0 Å². The predicted molar refractivity (Wildman–Crippen MR) is 113 cm³/mol. The van der Waals surface area contributed by atoms with Crippen molar-refractivity contribution in [3.63, 3.8) is 0 Å². The number of fused-ring (bicyclic) bond motifs is 1. The first-order valence-corrected chi connectivity index (χ1v) is 9.79. The summed E-state index contributed by atoms with van der Waals surface area (Å²) >= 11 is 1.71. The Labute approximate surface area is 162 Å². The Kier molecular flexibility index (Phi) is 4.94. The lowest BCUT2D eigenvalue weighted by Crippen LogP contribution is -2.32. The summed E-state index contributed by atoms with van der Waals surface area (Å²) in [7, 11) is 0. The van der Waals surface area contributed by atoms with Crippen LogP contribution in [-0.4, -0.2) is 17.6 Å². The number of hydrogen-bond donors (Lipinski definition) is 3. The van der Waals surface area contributed by atoms with Crippen LogP contribution in [0.15, 0.2) is 72.2 Å². The summed E-state index contributed by atoms with van der Waals surface area (Å²) in [6.45, 7) is 2.55. The number of benzene rings is 2. The topological polar surface area (TPSA) is 56.9 Å². The monoisotopic (exact) mass is 375 g/mol. The minimum absolute atomic E-state index is 0.102. The molecule has 136 valence electrons. The van der Waals surface area contributed by atoms with Crippen molar-refractivity contribution in [3.05, 3.63) is 88.2 Å². The molecule has 4 rings (SSSR count). The fraction of sp³-hybridized carbons (Fsp3) is 0.136. The molecule has 1 unspecified atom stereocenters. The number of carbonyl (C=O) groups excluding carboxylic acids is 1. The third-order valence-corrected chi connectivity index (χ3v) is 5.65. The minimum atomic E-state index is -0.194. The van der Waals surface area contributed by atoms with Gasteiger partial charge in [-0.25, -0.2) is 4.79 Å². The molecule has 0 saturated carbocycles. The maximum absolute atomic E-state index is 12.4. The summed E-state index contributed by atoms with van der Waals surface area (Å²) in [5, 5.41) is 9.19. The summed E-state index contributed by atoms with van der Waals surface area (Å²) in [6.07, 6.45) is 2.05. The zero-order valence-corrected chi connectivity index (χ0v) is 15.8. The van der Waals surface area contributed by atoms with Gasteiger partial charge in [0.25, 0.3) is 0 Å². The molecular formula is C22H21N3OS. The number of hydrogen-bond acceptors (Lipinski definition) is 2. The highest BCUT2D eigenvalue weighted by Crippen LogP contribution is 2.32. The first-order valence-electron chi connectivity index (χ1n) is 8.91.